The summed E-state index contributed by atoms with van der Waals surface area (Å²) in [4.78, 5) is 0. The summed E-state index contributed by atoms with van der Waals surface area (Å²) in [6.45, 7) is 4.22. The van der Waals surface area contributed by atoms with Crippen LogP contribution in [0.4, 0.5) is 17.6 Å². The van der Waals surface area contributed by atoms with Crippen LogP contribution in [0.5, 0.6) is 0 Å². The maximum absolute atomic E-state index is 15.2. The molecule has 0 bridgehead atoms. The third kappa shape index (κ3) is 6.27. The van der Waals surface area contributed by atoms with Crippen LogP contribution in [0.1, 0.15) is 95.1 Å². The monoisotopic (exact) mass is 510 g/mol. The highest BCUT2D eigenvalue weighted by atomic mass is 19.2. The van der Waals surface area contributed by atoms with Gasteiger partial charge >= 0.3 is 0 Å². The van der Waals surface area contributed by atoms with E-state index in [-0.39, 0.29) is 17.0 Å². The highest BCUT2D eigenvalue weighted by Gasteiger charge is 2.26. The van der Waals surface area contributed by atoms with E-state index < -0.39 is 23.3 Å². The van der Waals surface area contributed by atoms with Crippen molar-refractivity contribution in [2.75, 3.05) is 0 Å². The molecular weight excluding hydrogens is 472 g/mol. The van der Waals surface area contributed by atoms with E-state index >= 15 is 8.78 Å². The summed E-state index contributed by atoms with van der Waals surface area (Å²) < 4.78 is 59.6. The Labute approximate surface area is 219 Å². The van der Waals surface area contributed by atoms with Gasteiger partial charge in [-0.3, -0.25) is 0 Å². The summed E-state index contributed by atoms with van der Waals surface area (Å²) in [7, 11) is 0. The smallest absolute Gasteiger partial charge is 0.166 e. The molecule has 0 spiro atoms. The number of hydrogen-bond acceptors (Lipinski definition) is 0. The minimum absolute atomic E-state index is 0.0616. The van der Waals surface area contributed by atoms with Gasteiger partial charge in [0.1, 0.15) is 0 Å². The SMILES string of the molecule is CCCCCC1CCC(c2ccc(-c3ccc(-c4ccc(CCCC)c(F)c4F)cc3)c(F)c2F)CC1. The van der Waals surface area contributed by atoms with Gasteiger partial charge in [-0.15, -0.1) is 0 Å². The number of unbranched alkanes of at least 4 members (excludes halogenated alkanes) is 3. The fourth-order valence-electron chi connectivity index (χ4n) is 5.75. The average Bonchev–Trinajstić information content (AvgIpc) is 2.92. The van der Waals surface area contributed by atoms with E-state index in [1.807, 2.05) is 6.92 Å². The lowest BCUT2D eigenvalue weighted by Crippen LogP contribution is -2.15. The Morgan fingerprint density at radius 3 is 1.76 bits per heavy atom. The second-order valence-corrected chi connectivity index (χ2v) is 10.6. The van der Waals surface area contributed by atoms with Crippen LogP contribution in [0.25, 0.3) is 22.3 Å². The van der Waals surface area contributed by atoms with Crippen LogP contribution in [0.15, 0.2) is 48.5 Å². The molecule has 1 saturated carbocycles. The fraction of sp³-hybridized carbons (Fsp3) is 0.455. The molecule has 0 aliphatic heterocycles. The molecule has 4 heteroatoms. The first-order chi connectivity index (χ1) is 17.9. The van der Waals surface area contributed by atoms with Gasteiger partial charge in [0, 0.05) is 11.1 Å². The van der Waals surface area contributed by atoms with Crippen molar-refractivity contribution in [1.82, 2.24) is 0 Å². The molecule has 0 N–H and O–H groups in total. The first-order valence-corrected chi connectivity index (χ1v) is 14.0. The summed E-state index contributed by atoms with van der Waals surface area (Å²) in [6, 6.07) is 13.1. The lowest BCUT2D eigenvalue weighted by molar-refractivity contribution is 0.298. The number of hydrogen-bond donors (Lipinski definition) is 0. The minimum atomic E-state index is -0.872. The van der Waals surface area contributed by atoms with Gasteiger partial charge in [-0.1, -0.05) is 94.5 Å². The van der Waals surface area contributed by atoms with Crippen LogP contribution in [0.2, 0.25) is 0 Å². The molecule has 1 fully saturated rings. The van der Waals surface area contributed by atoms with Gasteiger partial charge in [-0.25, -0.2) is 17.6 Å². The van der Waals surface area contributed by atoms with Crippen molar-refractivity contribution in [3.05, 3.63) is 82.9 Å². The molecule has 0 amide bonds. The molecule has 0 radical (unpaired) electrons. The van der Waals surface area contributed by atoms with Crippen molar-refractivity contribution in [3.63, 3.8) is 0 Å². The predicted molar refractivity (Wildman–Crippen MR) is 145 cm³/mol. The molecule has 37 heavy (non-hydrogen) atoms. The predicted octanol–water partition coefficient (Wildman–Crippen LogP) is 10.8. The van der Waals surface area contributed by atoms with Gasteiger partial charge in [-0.2, -0.15) is 0 Å². The van der Waals surface area contributed by atoms with Crippen molar-refractivity contribution in [1.29, 1.82) is 0 Å². The highest BCUT2D eigenvalue weighted by molar-refractivity contribution is 5.71. The molecule has 0 saturated heterocycles. The first kappa shape index (κ1) is 27.4. The van der Waals surface area contributed by atoms with Gasteiger partial charge < -0.3 is 0 Å². The first-order valence-electron chi connectivity index (χ1n) is 14.0. The number of rotatable bonds is 10. The van der Waals surface area contributed by atoms with E-state index in [2.05, 4.69) is 6.92 Å². The number of halogens is 4. The standard InChI is InChI=1S/C33H38F4/c1-3-5-7-8-22-10-12-23(13-11-22)28-20-21-29(33(37)32(28)36)25-16-14-24(15-17-25)27-19-18-26(9-6-4-2)30(34)31(27)35/h14-23H,3-13H2,1-2H3. The van der Waals surface area contributed by atoms with Gasteiger partial charge in [0.2, 0.25) is 0 Å². The molecular formula is C33H38F4. The van der Waals surface area contributed by atoms with Crippen molar-refractivity contribution in [2.45, 2.75) is 90.4 Å². The quantitative estimate of drug-likeness (QED) is 0.188. The second kappa shape index (κ2) is 12.8. The summed E-state index contributed by atoms with van der Waals surface area (Å²) in [5, 5.41) is 0. The summed E-state index contributed by atoms with van der Waals surface area (Å²) >= 11 is 0. The Kier molecular flexibility index (Phi) is 9.45. The van der Waals surface area contributed by atoms with Gasteiger partial charge in [-0.05, 0) is 72.6 Å². The van der Waals surface area contributed by atoms with Crippen molar-refractivity contribution < 1.29 is 17.6 Å². The Morgan fingerprint density at radius 2 is 1.16 bits per heavy atom. The fourth-order valence-corrected chi connectivity index (χ4v) is 5.75. The molecule has 198 valence electrons. The van der Waals surface area contributed by atoms with E-state index in [1.54, 1.807) is 48.5 Å². The molecule has 0 nitrogen and oxygen atoms in total. The van der Waals surface area contributed by atoms with E-state index in [9.17, 15) is 8.78 Å². The zero-order valence-corrected chi connectivity index (χ0v) is 22.1. The average molecular weight is 511 g/mol. The molecule has 3 aromatic rings. The Bertz CT molecular complexity index is 1170. The van der Waals surface area contributed by atoms with Gasteiger partial charge in [0.15, 0.2) is 23.3 Å². The number of aryl methyl sites for hydroxylation is 1. The second-order valence-electron chi connectivity index (χ2n) is 10.6. The van der Waals surface area contributed by atoms with E-state index in [0.29, 0.717) is 34.6 Å². The Hall–Kier alpha value is -2.62. The van der Waals surface area contributed by atoms with Crippen molar-refractivity contribution in [2.24, 2.45) is 5.92 Å². The summed E-state index contributed by atoms with van der Waals surface area (Å²) in [5.41, 5.74) is 2.20. The van der Waals surface area contributed by atoms with Crippen LogP contribution in [-0.2, 0) is 6.42 Å². The van der Waals surface area contributed by atoms with Gasteiger partial charge in [0.25, 0.3) is 0 Å². The zero-order valence-electron chi connectivity index (χ0n) is 22.1. The maximum Gasteiger partial charge on any atom is 0.166 e. The van der Waals surface area contributed by atoms with Crippen LogP contribution in [-0.4, -0.2) is 0 Å². The lowest BCUT2D eigenvalue weighted by atomic mass is 9.76. The molecule has 0 atom stereocenters. The zero-order chi connectivity index (χ0) is 26.4. The third-order valence-corrected chi connectivity index (χ3v) is 8.08. The highest BCUT2D eigenvalue weighted by Crippen LogP contribution is 2.40. The molecule has 3 aromatic carbocycles. The summed E-state index contributed by atoms with van der Waals surface area (Å²) in [5.74, 6) is -2.51. The molecule has 1 aliphatic carbocycles. The molecule has 4 rings (SSSR count). The van der Waals surface area contributed by atoms with E-state index in [0.717, 1.165) is 38.5 Å². The third-order valence-electron chi connectivity index (χ3n) is 8.08. The number of benzene rings is 3. The van der Waals surface area contributed by atoms with Crippen LogP contribution in [0.3, 0.4) is 0 Å². The van der Waals surface area contributed by atoms with Crippen LogP contribution < -0.4 is 0 Å². The minimum Gasteiger partial charge on any atom is -0.203 e. The molecule has 0 aromatic heterocycles. The van der Waals surface area contributed by atoms with Crippen LogP contribution >= 0.6 is 0 Å². The molecule has 0 unspecified atom stereocenters. The maximum atomic E-state index is 15.2. The van der Waals surface area contributed by atoms with Gasteiger partial charge in [0.05, 0.1) is 0 Å². The van der Waals surface area contributed by atoms with Crippen molar-refractivity contribution >= 4 is 0 Å². The van der Waals surface area contributed by atoms with Crippen molar-refractivity contribution in [3.8, 4) is 22.3 Å². The van der Waals surface area contributed by atoms with E-state index in [1.165, 1.54) is 25.7 Å². The summed E-state index contributed by atoms with van der Waals surface area (Å²) in [6.07, 6.45) is 11.1. The largest absolute Gasteiger partial charge is 0.203 e. The molecule has 1 aliphatic rings. The Balaban J connectivity index is 1.48. The molecule has 0 heterocycles. The normalized spacial score (nSPS) is 17.8. The van der Waals surface area contributed by atoms with Crippen LogP contribution in [0, 0.1) is 29.2 Å². The lowest BCUT2D eigenvalue weighted by Gasteiger charge is -2.29. The topological polar surface area (TPSA) is 0 Å². The Morgan fingerprint density at radius 1 is 0.595 bits per heavy atom. The van der Waals surface area contributed by atoms with E-state index in [4.69, 9.17) is 0 Å².